The van der Waals surface area contributed by atoms with Gasteiger partial charge in [-0.15, -0.1) is 0 Å². The van der Waals surface area contributed by atoms with E-state index in [1.54, 1.807) is 42.5 Å². The molecule has 3 nitrogen and oxygen atoms in total. The number of rotatable bonds is 3. The van der Waals surface area contributed by atoms with E-state index in [-0.39, 0.29) is 11.7 Å². The fraction of sp³-hybridized carbons (Fsp3) is 0.0714. The number of carbonyl (C=O) groups excluding carboxylic acids is 1. The molecular weight excluding hydrogens is 377 g/mol. The summed E-state index contributed by atoms with van der Waals surface area (Å²) >= 11 is 8.09. The maximum atomic E-state index is 11.9. The van der Waals surface area contributed by atoms with Gasteiger partial charge in [-0.1, -0.05) is 23.7 Å². The monoisotopic (exact) mass is 387 g/mol. The number of nitrogens with one attached hydrogen (secondary N) is 1. The zero-order valence-corrected chi connectivity index (χ0v) is 12.8. The minimum absolute atomic E-state index is 0.175. The van der Waals surface area contributed by atoms with Crippen LogP contribution in [0.3, 0.4) is 0 Å². The summed E-state index contributed by atoms with van der Waals surface area (Å²) in [6.07, 6.45) is 0. The van der Waals surface area contributed by atoms with Crippen molar-refractivity contribution < 1.29 is 9.90 Å². The predicted molar refractivity (Wildman–Crippen MR) is 83.4 cm³/mol. The number of halogens is 2. The lowest BCUT2D eigenvalue weighted by atomic mass is 10.2. The van der Waals surface area contributed by atoms with Crippen molar-refractivity contribution in [3.05, 3.63) is 62.2 Å². The summed E-state index contributed by atoms with van der Waals surface area (Å²) in [6.45, 7) is 0.405. The lowest BCUT2D eigenvalue weighted by molar-refractivity contribution is 0.0951. The Kier molecular flexibility index (Phi) is 4.66. The number of aromatic hydroxyl groups is 1. The van der Waals surface area contributed by atoms with Crippen molar-refractivity contribution in [3.8, 4) is 5.75 Å². The van der Waals surface area contributed by atoms with Gasteiger partial charge in [0, 0.05) is 15.7 Å². The van der Waals surface area contributed by atoms with Gasteiger partial charge in [0.15, 0.2) is 0 Å². The summed E-state index contributed by atoms with van der Waals surface area (Å²) in [4.78, 5) is 11.9. The first-order valence-corrected chi connectivity index (χ1v) is 7.03. The Hall–Kier alpha value is -1.27. The Balaban J connectivity index is 2.01. The molecule has 2 aromatic rings. The summed E-state index contributed by atoms with van der Waals surface area (Å²) in [7, 11) is 0. The molecule has 5 heteroatoms. The fourth-order valence-electron chi connectivity index (χ4n) is 1.54. The highest BCUT2D eigenvalue weighted by molar-refractivity contribution is 14.1. The highest BCUT2D eigenvalue weighted by atomic mass is 127. The van der Waals surface area contributed by atoms with E-state index in [0.29, 0.717) is 17.1 Å². The zero-order valence-electron chi connectivity index (χ0n) is 9.86. The first kappa shape index (κ1) is 14.1. The van der Waals surface area contributed by atoms with Crippen LogP contribution in [-0.2, 0) is 6.54 Å². The first-order valence-electron chi connectivity index (χ1n) is 5.57. The Morgan fingerprint density at radius 2 is 1.89 bits per heavy atom. The number of carbonyl (C=O) groups is 1. The highest BCUT2D eigenvalue weighted by Crippen LogP contribution is 2.19. The summed E-state index contributed by atoms with van der Waals surface area (Å²) in [5.74, 6) is 0.0332. The quantitative estimate of drug-likeness (QED) is 0.791. The molecule has 0 aliphatic rings. The van der Waals surface area contributed by atoms with Gasteiger partial charge in [-0.25, -0.2) is 0 Å². The third-order valence-electron chi connectivity index (χ3n) is 2.57. The molecule has 2 rings (SSSR count). The van der Waals surface area contributed by atoms with Crippen LogP contribution in [0.4, 0.5) is 0 Å². The molecule has 0 radical (unpaired) electrons. The molecule has 0 atom stereocenters. The van der Waals surface area contributed by atoms with Crippen molar-refractivity contribution in [1.29, 1.82) is 0 Å². The van der Waals surface area contributed by atoms with Crippen molar-refractivity contribution in [2.75, 3.05) is 0 Å². The van der Waals surface area contributed by atoms with E-state index in [1.165, 1.54) is 0 Å². The van der Waals surface area contributed by atoms with Crippen LogP contribution in [0.15, 0.2) is 42.5 Å². The minimum Gasteiger partial charge on any atom is -0.508 e. The van der Waals surface area contributed by atoms with E-state index in [1.807, 2.05) is 0 Å². The van der Waals surface area contributed by atoms with Gasteiger partial charge in [0.25, 0.3) is 5.91 Å². The SMILES string of the molecule is O=C(NCc1ccc(O)cc1)c1ccc(I)c(Cl)c1. The summed E-state index contributed by atoms with van der Waals surface area (Å²) in [6, 6.07) is 11.9. The maximum absolute atomic E-state index is 11.9. The van der Waals surface area contributed by atoms with Gasteiger partial charge in [-0.2, -0.15) is 0 Å². The van der Waals surface area contributed by atoms with Gasteiger partial charge >= 0.3 is 0 Å². The van der Waals surface area contributed by atoms with Gasteiger partial charge < -0.3 is 10.4 Å². The second kappa shape index (κ2) is 6.25. The van der Waals surface area contributed by atoms with Gasteiger partial charge in [0.1, 0.15) is 5.75 Å². The lowest BCUT2D eigenvalue weighted by Crippen LogP contribution is -2.22. The molecule has 0 aliphatic carbocycles. The van der Waals surface area contributed by atoms with Gasteiger partial charge in [0.05, 0.1) is 5.02 Å². The molecular formula is C14H11ClINO2. The lowest BCUT2D eigenvalue weighted by Gasteiger charge is -2.06. The third-order valence-corrected chi connectivity index (χ3v) is 4.14. The van der Waals surface area contributed by atoms with E-state index in [2.05, 4.69) is 27.9 Å². The number of phenolic OH excluding ortho intramolecular Hbond substituents is 1. The van der Waals surface area contributed by atoms with Crippen molar-refractivity contribution in [1.82, 2.24) is 5.32 Å². The molecule has 0 saturated heterocycles. The molecule has 2 aromatic carbocycles. The van der Waals surface area contributed by atoms with Gasteiger partial charge in [0.2, 0.25) is 0 Å². The van der Waals surface area contributed by atoms with Crippen LogP contribution in [0.2, 0.25) is 5.02 Å². The Morgan fingerprint density at radius 3 is 2.53 bits per heavy atom. The van der Waals surface area contributed by atoms with E-state index in [9.17, 15) is 4.79 Å². The van der Waals surface area contributed by atoms with Crippen LogP contribution in [0.5, 0.6) is 5.75 Å². The molecule has 0 bridgehead atoms. The Bertz CT molecular complexity index is 599. The van der Waals surface area contributed by atoms with Crippen LogP contribution in [0, 0.1) is 3.57 Å². The number of benzene rings is 2. The second-order valence-electron chi connectivity index (χ2n) is 3.98. The normalized spacial score (nSPS) is 10.2. The topological polar surface area (TPSA) is 49.3 Å². The van der Waals surface area contributed by atoms with Crippen LogP contribution < -0.4 is 5.32 Å². The molecule has 1 amide bonds. The largest absolute Gasteiger partial charge is 0.508 e. The Morgan fingerprint density at radius 1 is 1.21 bits per heavy atom. The number of hydrogen-bond acceptors (Lipinski definition) is 2. The predicted octanol–water partition coefficient (Wildman–Crippen LogP) is 3.58. The molecule has 19 heavy (non-hydrogen) atoms. The number of phenols is 1. The van der Waals surface area contributed by atoms with Crippen LogP contribution in [-0.4, -0.2) is 11.0 Å². The molecule has 2 N–H and O–H groups in total. The second-order valence-corrected chi connectivity index (χ2v) is 5.55. The van der Waals surface area contributed by atoms with Crippen molar-refractivity contribution >= 4 is 40.1 Å². The summed E-state index contributed by atoms with van der Waals surface area (Å²) in [5, 5.41) is 12.5. The molecule has 0 heterocycles. The maximum Gasteiger partial charge on any atom is 0.251 e. The molecule has 0 aromatic heterocycles. The minimum atomic E-state index is -0.175. The van der Waals surface area contributed by atoms with E-state index < -0.39 is 0 Å². The zero-order chi connectivity index (χ0) is 13.8. The molecule has 98 valence electrons. The van der Waals surface area contributed by atoms with Gasteiger partial charge in [-0.3, -0.25) is 4.79 Å². The Labute approximate surface area is 129 Å². The molecule has 0 fully saturated rings. The molecule has 0 saturated carbocycles. The van der Waals surface area contributed by atoms with E-state index in [4.69, 9.17) is 16.7 Å². The van der Waals surface area contributed by atoms with Gasteiger partial charge in [-0.05, 0) is 58.5 Å². The van der Waals surface area contributed by atoms with Crippen LogP contribution in [0.1, 0.15) is 15.9 Å². The van der Waals surface area contributed by atoms with E-state index >= 15 is 0 Å². The molecule has 0 unspecified atom stereocenters. The summed E-state index contributed by atoms with van der Waals surface area (Å²) in [5.41, 5.74) is 1.45. The average Bonchev–Trinajstić information content (AvgIpc) is 2.41. The van der Waals surface area contributed by atoms with Crippen molar-refractivity contribution in [3.63, 3.8) is 0 Å². The highest BCUT2D eigenvalue weighted by Gasteiger charge is 2.07. The molecule has 0 spiro atoms. The smallest absolute Gasteiger partial charge is 0.251 e. The first-order chi connectivity index (χ1) is 9.06. The average molecular weight is 388 g/mol. The third kappa shape index (κ3) is 3.84. The number of hydrogen-bond donors (Lipinski definition) is 2. The van der Waals surface area contributed by atoms with Crippen molar-refractivity contribution in [2.24, 2.45) is 0 Å². The van der Waals surface area contributed by atoms with Crippen molar-refractivity contribution in [2.45, 2.75) is 6.54 Å². The number of amides is 1. The molecule has 0 aliphatic heterocycles. The summed E-state index contributed by atoms with van der Waals surface area (Å²) < 4.78 is 0.911. The van der Waals surface area contributed by atoms with Crippen LogP contribution in [0.25, 0.3) is 0 Å². The van der Waals surface area contributed by atoms with Crippen LogP contribution >= 0.6 is 34.2 Å². The van der Waals surface area contributed by atoms with E-state index in [0.717, 1.165) is 9.13 Å². The standard InChI is InChI=1S/C14H11ClINO2/c15-12-7-10(3-6-13(12)16)14(19)17-8-9-1-4-11(18)5-2-9/h1-7,18H,8H2,(H,17,19). The fourth-order valence-corrected chi connectivity index (χ4v) is 2.05.